The van der Waals surface area contributed by atoms with Gasteiger partial charge in [-0.15, -0.1) is 0 Å². The van der Waals surface area contributed by atoms with E-state index in [-0.39, 0.29) is 0 Å². The molecule has 6 nitrogen and oxygen atoms in total. The van der Waals surface area contributed by atoms with Gasteiger partial charge in [0.05, 0.1) is 17.3 Å². The molecule has 0 bridgehead atoms. The lowest BCUT2D eigenvalue weighted by Crippen LogP contribution is -2.21. The van der Waals surface area contributed by atoms with Crippen molar-refractivity contribution < 1.29 is 23.1 Å². The fourth-order valence-corrected chi connectivity index (χ4v) is 0.991. The summed E-state index contributed by atoms with van der Waals surface area (Å²) in [6.07, 6.45) is 1.08. The number of nitriles is 1. The minimum atomic E-state index is -5.08. The summed E-state index contributed by atoms with van der Waals surface area (Å²) >= 11 is 0. The second kappa shape index (κ2) is 5.72. The summed E-state index contributed by atoms with van der Waals surface area (Å²) in [6, 6.07) is 2.03. The van der Waals surface area contributed by atoms with Gasteiger partial charge in [0.2, 0.25) is 0 Å². The van der Waals surface area contributed by atoms with E-state index in [1.54, 1.807) is 12.4 Å². The van der Waals surface area contributed by atoms with Gasteiger partial charge >= 0.3 is 12.1 Å². The molecule has 0 aromatic carbocycles. The third kappa shape index (κ3) is 3.88. The van der Waals surface area contributed by atoms with Crippen LogP contribution in [0.3, 0.4) is 0 Å². The van der Waals surface area contributed by atoms with Crippen molar-refractivity contribution >= 4 is 16.9 Å². The Morgan fingerprint density at radius 3 is 2.42 bits per heavy atom. The monoisotopic (exact) mass is 270 g/mol. The Morgan fingerprint density at radius 1 is 1.26 bits per heavy atom. The summed E-state index contributed by atoms with van der Waals surface area (Å²) in [4.78, 5) is 20.6. The lowest BCUT2D eigenvalue weighted by Gasteiger charge is -1.94. The normalized spacial score (nSPS) is 10.2. The molecule has 1 N–H and O–H groups in total. The second-order valence-corrected chi connectivity index (χ2v) is 3.06. The van der Waals surface area contributed by atoms with Crippen LogP contribution in [0.25, 0.3) is 10.9 Å². The van der Waals surface area contributed by atoms with Crippen molar-refractivity contribution in [1.29, 1.82) is 5.26 Å². The quantitative estimate of drug-likeness (QED) is 0.779. The number of hydrogen-bond donors (Lipinski definition) is 1. The molecular formula is C10H5F3N4O2. The number of aliphatic carboxylic acids is 1. The van der Waals surface area contributed by atoms with E-state index >= 15 is 0 Å². The van der Waals surface area contributed by atoms with Gasteiger partial charge in [0, 0.05) is 17.8 Å². The molecule has 0 spiro atoms. The van der Waals surface area contributed by atoms with E-state index in [2.05, 4.69) is 15.0 Å². The van der Waals surface area contributed by atoms with Crippen LogP contribution < -0.4 is 0 Å². The Balaban J connectivity index is 0.000000224. The molecule has 2 aromatic rings. The van der Waals surface area contributed by atoms with Crippen LogP contribution in [0, 0.1) is 11.3 Å². The lowest BCUT2D eigenvalue weighted by molar-refractivity contribution is -0.192. The van der Waals surface area contributed by atoms with Crippen LogP contribution in [0.1, 0.15) is 5.56 Å². The van der Waals surface area contributed by atoms with Crippen LogP contribution in [0.5, 0.6) is 0 Å². The van der Waals surface area contributed by atoms with Crippen LogP contribution in [0.2, 0.25) is 0 Å². The Hall–Kier alpha value is -2.76. The minimum absolute atomic E-state index is 0.508. The molecule has 0 fully saturated rings. The molecule has 2 aromatic heterocycles. The first-order valence-electron chi connectivity index (χ1n) is 4.60. The molecule has 2 rings (SSSR count). The topological polar surface area (TPSA) is 99.8 Å². The van der Waals surface area contributed by atoms with Gasteiger partial charge in [0.15, 0.2) is 0 Å². The molecule has 0 aliphatic rings. The Bertz CT molecular complexity index is 631. The van der Waals surface area contributed by atoms with E-state index < -0.39 is 12.1 Å². The number of pyridine rings is 1. The molecule has 98 valence electrons. The van der Waals surface area contributed by atoms with Gasteiger partial charge in [0.1, 0.15) is 12.4 Å². The summed E-state index contributed by atoms with van der Waals surface area (Å²) in [5.41, 5.74) is 1.21. The molecule has 0 saturated carbocycles. The smallest absolute Gasteiger partial charge is 0.475 e. The number of carbonyl (C=O) groups is 1. The number of hydrogen-bond acceptors (Lipinski definition) is 5. The van der Waals surface area contributed by atoms with E-state index in [1.807, 2.05) is 6.07 Å². The van der Waals surface area contributed by atoms with Crippen molar-refractivity contribution in [3.63, 3.8) is 0 Å². The van der Waals surface area contributed by atoms with Gasteiger partial charge in [-0.1, -0.05) is 0 Å². The van der Waals surface area contributed by atoms with E-state index in [4.69, 9.17) is 15.2 Å². The first-order valence-corrected chi connectivity index (χ1v) is 4.60. The van der Waals surface area contributed by atoms with Gasteiger partial charge in [0.25, 0.3) is 0 Å². The molecule has 0 radical (unpaired) electrons. The molecular weight excluding hydrogens is 265 g/mol. The predicted molar refractivity (Wildman–Crippen MR) is 55.7 cm³/mol. The zero-order chi connectivity index (χ0) is 14.5. The number of aromatic nitrogens is 3. The molecule has 0 saturated heterocycles. The van der Waals surface area contributed by atoms with Gasteiger partial charge in [-0.3, -0.25) is 4.98 Å². The van der Waals surface area contributed by atoms with E-state index in [0.29, 0.717) is 11.1 Å². The number of carboxylic acids is 1. The maximum absolute atomic E-state index is 10.6. The van der Waals surface area contributed by atoms with Crippen LogP contribution in [0.4, 0.5) is 13.2 Å². The highest BCUT2D eigenvalue weighted by Gasteiger charge is 2.38. The molecule has 2 heterocycles. The highest BCUT2D eigenvalue weighted by atomic mass is 19.4. The summed E-state index contributed by atoms with van der Waals surface area (Å²) in [5.74, 6) is -2.76. The first kappa shape index (κ1) is 14.3. The van der Waals surface area contributed by atoms with Crippen LogP contribution in [-0.4, -0.2) is 32.2 Å². The third-order valence-corrected chi connectivity index (χ3v) is 1.80. The molecule has 0 unspecified atom stereocenters. The fourth-order valence-electron chi connectivity index (χ4n) is 0.991. The summed E-state index contributed by atoms with van der Waals surface area (Å²) in [5, 5.41) is 16.6. The standard InChI is InChI=1S/C8H4N4.C2HF3O2/c9-1-6-2-10-4-8-7(6)3-11-5-12-8;3-2(4,5)1(6)7/h2-5H;(H,6,7). The molecule has 0 atom stereocenters. The largest absolute Gasteiger partial charge is 0.490 e. The van der Waals surface area contributed by atoms with Gasteiger partial charge in [-0.25, -0.2) is 14.8 Å². The number of halogens is 3. The number of rotatable bonds is 0. The molecule has 0 amide bonds. The van der Waals surface area contributed by atoms with E-state index in [1.165, 1.54) is 12.5 Å². The summed E-state index contributed by atoms with van der Waals surface area (Å²) in [7, 11) is 0. The van der Waals surface area contributed by atoms with Gasteiger partial charge in [-0.2, -0.15) is 18.4 Å². The highest BCUT2D eigenvalue weighted by Crippen LogP contribution is 2.13. The molecule has 0 aliphatic carbocycles. The van der Waals surface area contributed by atoms with Crippen molar-refractivity contribution in [3.8, 4) is 6.07 Å². The van der Waals surface area contributed by atoms with Crippen LogP contribution in [-0.2, 0) is 4.79 Å². The maximum atomic E-state index is 10.6. The highest BCUT2D eigenvalue weighted by molar-refractivity contribution is 5.82. The number of carboxylic acid groups (broad SMARTS) is 1. The van der Waals surface area contributed by atoms with Crippen molar-refractivity contribution in [1.82, 2.24) is 15.0 Å². The molecule has 9 heteroatoms. The first-order chi connectivity index (χ1) is 8.86. The predicted octanol–water partition coefficient (Wildman–Crippen LogP) is 1.53. The fraction of sp³-hybridized carbons (Fsp3) is 0.100. The second-order valence-electron chi connectivity index (χ2n) is 3.06. The number of alkyl halides is 3. The van der Waals surface area contributed by atoms with Crippen LogP contribution >= 0.6 is 0 Å². The van der Waals surface area contributed by atoms with Crippen molar-refractivity contribution in [3.05, 3.63) is 30.5 Å². The van der Waals surface area contributed by atoms with E-state index in [9.17, 15) is 13.2 Å². The SMILES string of the molecule is N#Cc1cncc2ncncc12.O=C(O)C(F)(F)F. The minimum Gasteiger partial charge on any atom is -0.475 e. The van der Waals surface area contributed by atoms with Crippen molar-refractivity contribution in [2.75, 3.05) is 0 Å². The Morgan fingerprint density at radius 2 is 1.89 bits per heavy atom. The van der Waals surface area contributed by atoms with E-state index in [0.717, 1.165) is 5.39 Å². The van der Waals surface area contributed by atoms with Gasteiger partial charge in [-0.05, 0) is 0 Å². The van der Waals surface area contributed by atoms with Crippen LogP contribution in [0.15, 0.2) is 24.9 Å². The average molecular weight is 270 g/mol. The van der Waals surface area contributed by atoms with Crippen molar-refractivity contribution in [2.45, 2.75) is 6.18 Å². The Kier molecular flexibility index (Phi) is 4.31. The maximum Gasteiger partial charge on any atom is 0.490 e. The number of nitrogens with zero attached hydrogens (tertiary/aromatic N) is 4. The average Bonchev–Trinajstić information content (AvgIpc) is 2.37. The lowest BCUT2D eigenvalue weighted by atomic mass is 10.2. The third-order valence-electron chi connectivity index (χ3n) is 1.80. The summed E-state index contributed by atoms with van der Waals surface area (Å²) in [6.45, 7) is 0. The molecule has 19 heavy (non-hydrogen) atoms. The summed E-state index contributed by atoms with van der Waals surface area (Å²) < 4.78 is 31.7. The molecule has 0 aliphatic heterocycles. The number of fused-ring (bicyclic) bond motifs is 1. The van der Waals surface area contributed by atoms with Gasteiger partial charge < -0.3 is 5.11 Å². The van der Waals surface area contributed by atoms with Crippen molar-refractivity contribution in [2.24, 2.45) is 0 Å². The zero-order valence-electron chi connectivity index (χ0n) is 9.09. The zero-order valence-corrected chi connectivity index (χ0v) is 9.09. The Labute approximate surface area is 104 Å².